The van der Waals surface area contributed by atoms with Gasteiger partial charge in [-0.25, -0.2) is 0 Å². The summed E-state index contributed by atoms with van der Waals surface area (Å²) < 4.78 is 6.92. The maximum Gasteiger partial charge on any atom is 0.288 e. The molecule has 24 heavy (non-hydrogen) atoms. The fourth-order valence-electron chi connectivity index (χ4n) is 3.15. The van der Waals surface area contributed by atoms with E-state index < -0.39 is 8.32 Å². The summed E-state index contributed by atoms with van der Waals surface area (Å²) in [7, 11) is -2.56. The van der Waals surface area contributed by atoms with E-state index in [9.17, 15) is 0 Å². The summed E-state index contributed by atoms with van der Waals surface area (Å²) in [4.78, 5) is 0. The van der Waals surface area contributed by atoms with Gasteiger partial charge in [-0.2, -0.15) is 0 Å². The maximum atomic E-state index is 6.92. The molecule has 1 nitrogen and oxygen atoms in total. The third-order valence-electron chi connectivity index (χ3n) is 4.00. The highest BCUT2D eigenvalue weighted by Gasteiger charge is 2.44. The van der Waals surface area contributed by atoms with E-state index in [1.165, 1.54) is 15.6 Å². The van der Waals surface area contributed by atoms with E-state index in [0.29, 0.717) is 0 Å². The Balaban J connectivity index is 2.33. The Hall–Kier alpha value is -2.16. The van der Waals surface area contributed by atoms with Crippen LogP contribution in [0.15, 0.2) is 91.0 Å². The van der Waals surface area contributed by atoms with E-state index >= 15 is 0 Å². The number of rotatable bonds is 4. The Kier molecular flexibility index (Phi) is 4.70. The SMILES string of the molecule is CC(C)(C)O[Si](c1ccccc1)(c1ccccc1)c1ccccc1. The third-order valence-corrected chi connectivity index (χ3v) is 8.36. The van der Waals surface area contributed by atoms with Crippen molar-refractivity contribution < 1.29 is 4.43 Å². The molecule has 0 atom stereocenters. The Morgan fingerprint density at radius 1 is 0.542 bits per heavy atom. The van der Waals surface area contributed by atoms with Gasteiger partial charge in [-0.3, -0.25) is 0 Å². The molecule has 122 valence electrons. The molecule has 0 amide bonds. The zero-order chi connectivity index (χ0) is 17.0. The monoisotopic (exact) mass is 332 g/mol. The predicted molar refractivity (Wildman–Crippen MR) is 105 cm³/mol. The van der Waals surface area contributed by atoms with Crippen molar-refractivity contribution in [3.05, 3.63) is 91.0 Å². The molecule has 3 aromatic carbocycles. The minimum Gasteiger partial charge on any atom is -0.399 e. The molecule has 0 bridgehead atoms. The van der Waals surface area contributed by atoms with Crippen molar-refractivity contribution >= 4 is 23.9 Å². The van der Waals surface area contributed by atoms with Gasteiger partial charge in [0.25, 0.3) is 8.32 Å². The lowest BCUT2D eigenvalue weighted by Gasteiger charge is -2.39. The highest BCUT2D eigenvalue weighted by Crippen LogP contribution is 2.18. The lowest BCUT2D eigenvalue weighted by Crippen LogP contribution is -2.71. The molecule has 0 saturated carbocycles. The second-order valence-electron chi connectivity index (χ2n) is 6.99. The minimum absolute atomic E-state index is 0.242. The van der Waals surface area contributed by atoms with Crippen molar-refractivity contribution in [1.29, 1.82) is 0 Å². The summed E-state index contributed by atoms with van der Waals surface area (Å²) >= 11 is 0. The van der Waals surface area contributed by atoms with Crippen LogP contribution < -0.4 is 15.6 Å². The van der Waals surface area contributed by atoms with Crippen LogP contribution in [0.25, 0.3) is 0 Å². The summed E-state index contributed by atoms with van der Waals surface area (Å²) in [5.41, 5.74) is -0.242. The van der Waals surface area contributed by atoms with Crippen molar-refractivity contribution in [3.63, 3.8) is 0 Å². The van der Waals surface area contributed by atoms with Crippen LogP contribution in [-0.2, 0) is 4.43 Å². The molecular formula is C22H24OSi. The highest BCUT2D eigenvalue weighted by molar-refractivity contribution is 7.07. The fraction of sp³-hybridized carbons (Fsp3) is 0.182. The average Bonchev–Trinajstić information content (AvgIpc) is 2.61. The molecule has 0 saturated heterocycles. The molecule has 0 fully saturated rings. The third kappa shape index (κ3) is 3.35. The summed E-state index contributed by atoms with van der Waals surface area (Å²) in [6.45, 7) is 6.43. The lowest BCUT2D eigenvalue weighted by molar-refractivity contribution is 0.130. The first-order chi connectivity index (χ1) is 11.5. The van der Waals surface area contributed by atoms with Crippen LogP contribution in [-0.4, -0.2) is 13.9 Å². The molecule has 0 heterocycles. The van der Waals surface area contributed by atoms with Gasteiger partial charge in [-0.15, -0.1) is 0 Å². The molecule has 0 aliphatic rings. The largest absolute Gasteiger partial charge is 0.399 e. The van der Waals surface area contributed by atoms with Gasteiger partial charge in [0.1, 0.15) is 0 Å². The Morgan fingerprint density at radius 3 is 1.08 bits per heavy atom. The van der Waals surface area contributed by atoms with Gasteiger partial charge >= 0.3 is 0 Å². The summed E-state index contributed by atoms with van der Waals surface area (Å²) in [6, 6.07) is 32.1. The first-order valence-corrected chi connectivity index (χ1v) is 10.3. The molecule has 3 aromatic rings. The van der Waals surface area contributed by atoms with Crippen LogP contribution in [0.4, 0.5) is 0 Å². The van der Waals surface area contributed by atoms with Crippen LogP contribution in [0.3, 0.4) is 0 Å². The van der Waals surface area contributed by atoms with Crippen LogP contribution in [0.5, 0.6) is 0 Å². The normalized spacial score (nSPS) is 12.1. The first-order valence-electron chi connectivity index (χ1n) is 8.39. The van der Waals surface area contributed by atoms with Crippen molar-refractivity contribution in [2.24, 2.45) is 0 Å². The summed E-state index contributed by atoms with van der Waals surface area (Å²) in [5, 5.41) is 3.83. The topological polar surface area (TPSA) is 9.23 Å². The Bertz CT molecular complexity index is 665. The quantitative estimate of drug-likeness (QED) is 0.525. The van der Waals surface area contributed by atoms with Gasteiger partial charge in [-0.05, 0) is 36.3 Å². The second-order valence-corrected chi connectivity index (χ2v) is 10.3. The van der Waals surface area contributed by atoms with E-state index in [4.69, 9.17) is 4.43 Å². The molecule has 0 aliphatic heterocycles. The summed E-state index contributed by atoms with van der Waals surface area (Å²) in [5.74, 6) is 0. The molecule has 3 rings (SSSR count). The van der Waals surface area contributed by atoms with Crippen LogP contribution in [0, 0.1) is 0 Å². The predicted octanol–water partition coefficient (Wildman–Crippen LogP) is 3.47. The van der Waals surface area contributed by atoms with Crippen LogP contribution in [0.2, 0.25) is 0 Å². The Morgan fingerprint density at radius 2 is 0.833 bits per heavy atom. The first kappa shape index (κ1) is 16.7. The number of hydrogen-bond acceptors (Lipinski definition) is 1. The molecule has 0 aromatic heterocycles. The van der Waals surface area contributed by atoms with Crippen LogP contribution in [0.1, 0.15) is 20.8 Å². The molecule has 0 spiro atoms. The average molecular weight is 333 g/mol. The number of benzene rings is 3. The number of hydrogen-bond donors (Lipinski definition) is 0. The minimum atomic E-state index is -2.56. The van der Waals surface area contributed by atoms with E-state index in [2.05, 4.69) is 112 Å². The fourth-order valence-corrected chi connectivity index (χ4v) is 7.41. The lowest BCUT2D eigenvalue weighted by atomic mass is 10.2. The standard InChI is InChI=1S/C22H24OSi/c1-22(2,3)23-24(19-13-7-4-8-14-19,20-15-9-5-10-16-20)21-17-11-6-12-18-21/h4-18H,1-3H3. The zero-order valence-corrected chi connectivity index (χ0v) is 15.6. The van der Waals surface area contributed by atoms with Crippen molar-refractivity contribution in [1.82, 2.24) is 0 Å². The molecule has 2 heteroatoms. The van der Waals surface area contributed by atoms with Crippen molar-refractivity contribution in [3.8, 4) is 0 Å². The maximum absolute atomic E-state index is 6.92. The van der Waals surface area contributed by atoms with Gasteiger partial charge in [-0.1, -0.05) is 91.0 Å². The van der Waals surface area contributed by atoms with Gasteiger partial charge in [0.2, 0.25) is 0 Å². The highest BCUT2D eigenvalue weighted by atomic mass is 28.4. The van der Waals surface area contributed by atoms with Crippen molar-refractivity contribution in [2.45, 2.75) is 26.4 Å². The molecular weight excluding hydrogens is 308 g/mol. The van der Waals surface area contributed by atoms with Crippen LogP contribution >= 0.6 is 0 Å². The molecule has 0 N–H and O–H groups in total. The second kappa shape index (κ2) is 6.76. The van der Waals surface area contributed by atoms with Gasteiger partial charge in [0, 0.05) is 5.60 Å². The van der Waals surface area contributed by atoms with Gasteiger partial charge in [0.15, 0.2) is 0 Å². The van der Waals surface area contributed by atoms with E-state index in [1.807, 2.05) is 0 Å². The Labute approximate surface area is 146 Å². The van der Waals surface area contributed by atoms with Gasteiger partial charge in [0.05, 0.1) is 0 Å². The zero-order valence-electron chi connectivity index (χ0n) is 14.6. The van der Waals surface area contributed by atoms with E-state index in [1.54, 1.807) is 0 Å². The summed E-state index contributed by atoms with van der Waals surface area (Å²) in [6.07, 6.45) is 0. The van der Waals surface area contributed by atoms with E-state index in [0.717, 1.165) is 0 Å². The van der Waals surface area contributed by atoms with E-state index in [-0.39, 0.29) is 5.60 Å². The molecule has 0 radical (unpaired) electrons. The smallest absolute Gasteiger partial charge is 0.288 e. The van der Waals surface area contributed by atoms with Crippen molar-refractivity contribution in [2.75, 3.05) is 0 Å². The molecule has 0 unspecified atom stereocenters. The van der Waals surface area contributed by atoms with Gasteiger partial charge < -0.3 is 4.43 Å². The molecule has 0 aliphatic carbocycles.